The summed E-state index contributed by atoms with van der Waals surface area (Å²) in [5.74, 6) is 1.32. The Morgan fingerprint density at radius 2 is 2.08 bits per heavy atom. The van der Waals surface area contributed by atoms with Gasteiger partial charge in [-0.1, -0.05) is 30.3 Å². The van der Waals surface area contributed by atoms with Crippen LogP contribution < -0.4 is 5.32 Å². The molecule has 5 heteroatoms. The summed E-state index contributed by atoms with van der Waals surface area (Å²) < 4.78 is 5.35. The SMILES string of the molecule is O=C(Cc1csc(-c2ccco2)n1)NC(c1ccccc1)C1CC1. The molecule has 0 saturated heterocycles. The number of carbonyl (C=O) groups excluding carboxylic acids is 1. The van der Waals surface area contributed by atoms with Crippen LogP contribution in [0.5, 0.6) is 0 Å². The predicted octanol–water partition coefficient (Wildman–Crippen LogP) is 4.21. The Hall–Kier alpha value is -2.40. The summed E-state index contributed by atoms with van der Waals surface area (Å²) >= 11 is 1.50. The number of hydrogen-bond donors (Lipinski definition) is 1. The third kappa shape index (κ3) is 3.41. The van der Waals surface area contributed by atoms with Gasteiger partial charge in [-0.15, -0.1) is 11.3 Å². The van der Waals surface area contributed by atoms with Crippen LogP contribution in [-0.2, 0) is 11.2 Å². The third-order valence-corrected chi connectivity index (χ3v) is 5.10. The van der Waals surface area contributed by atoms with Crippen LogP contribution in [0, 0.1) is 5.92 Å². The van der Waals surface area contributed by atoms with Crippen molar-refractivity contribution in [3.8, 4) is 10.8 Å². The number of nitrogens with one attached hydrogen (secondary N) is 1. The van der Waals surface area contributed by atoms with Gasteiger partial charge in [-0.05, 0) is 36.5 Å². The molecule has 1 aromatic carbocycles. The molecule has 122 valence electrons. The fraction of sp³-hybridized carbons (Fsp3) is 0.263. The molecule has 1 fully saturated rings. The molecular formula is C19H18N2O2S. The van der Waals surface area contributed by atoms with E-state index < -0.39 is 0 Å². The van der Waals surface area contributed by atoms with Crippen molar-refractivity contribution < 1.29 is 9.21 Å². The van der Waals surface area contributed by atoms with Gasteiger partial charge >= 0.3 is 0 Å². The van der Waals surface area contributed by atoms with Crippen molar-refractivity contribution in [2.45, 2.75) is 25.3 Å². The molecule has 4 rings (SSSR count). The monoisotopic (exact) mass is 338 g/mol. The van der Waals surface area contributed by atoms with Gasteiger partial charge in [-0.3, -0.25) is 4.79 Å². The zero-order valence-corrected chi connectivity index (χ0v) is 14.0. The molecule has 1 amide bonds. The van der Waals surface area contributed by atoms with E-state index in [1.807, 2.05) is 35.7 Å². The summed E-state index contributed by atoms with van der Waals surface area (Å²) in [7, 11) is 0. The second kappa shape index (κ2) is 6.61. The van der Waals surface area contributed by atoms with Crippen molar-refractivity contribution in [3.05, 3.63) is 65.4 Å². The lowest BCUT2D eigenvalue weighted by Gasteiger charge is -2.18. The third-order valence-electron chi connectivity index (χ3n) is 4.19. The molecule has 2 heterocycles. The average Bonchev–Trinajstić information content (AvgIpc) is 3.09. The summed E-state index contributed by atoms with van der Waals surface area (Å²) in [4.78, 5) is 17.0. The Morgan fingerprint density at radius 3 is 2.79 bits per heavy atom. The van der Waals surface area contributed by atoms with Crippen LogP contribution in [0.1, 0.15) is 30.1 Å². The molecule has 0 bridgehead atoms. The molecule has 2 aromatic heterocycles. The van der Waals surface area contributed by atoms with Crippen molar-refractivity contribution in [2.24, 2.45) is 5.92 Å². The van der Waals surface area contributed by atoms with Gasteiger partial charge in [0.25, 0.3) is 0 Å². The summed E-state index contributed by atoms with van der Waals surface area (Å²) in [5.41, 5.74) is 1.97. The van der Waals surface area contributed by atoms with Gasteiger partial charge in [0.2, 0.25) is 5.91 Å². The molecule has 1 saturated carbocycles. The van der Waals surface area contributed by atoms with Gasteiger partial charge in [0.05, 0.1) is 24.4 Å². The Balaban J connectivity index is 1.42. The first-order chi connectivity index (χ1) is 11.8. The normalized spacial score (nSPS) is 15.2. The van der Waals surface area contributed by atoms with Gasteiger partial charge < -0.3 is 9.73 Å². The van der Waals surface area contributed by atoms with Crippen LogP contribution >= 0.6 is 11.3 Å². The fourth-order valence-corrected chi connectivity index (χ4v) is 3.64. The molecule has 1 aliphatic rings. The predicted molar refractivity (Wildman–Crippen MR) is 93.6 cm³/mol. The highest BCUT2D eigenvalue weighted by Gasteiger charge is 2.33. The highest BCUT2D eigenvalue weighted by molar-refractivity contribution is 7.13. The summed E-state index contributed by atoms with van der Waals surface area (Å²) in [6.07, 6.45) is 4.29. The van der Waals surface area contributed by atoms with E-state index in [0.29, 0.717) is 12.3 Å². The van der Waals surface area contributed by atoms with E-state index >= 15 is 0 Å². The lowest BCUT2D eigenvalue weighted by Crippen LogP contribution is -2.31. The van der Waals surface area contributed by atoms with E-state index in [4.69, 9.17) is 4.42 Å². The zero-order valence-electron chi connectivity index (χ0n) is 13.1. The number of hydrogen-bond acceptors (Lipinski definition) is 4. The molecule has 1 N–H and O–H groups in total. The molecule has 1 atom stereocenters. The van der Waals surface area contributed by atoms with E-state index in [1.54, 1.807) is 6.26 Å². The number of aromatic nitrogens is 1. The average molecular weight is 338 g/mol. The smallest absolute Gasteiger partial charge is 0.226 e. The number of amides is 1. The first kappa shape index (κ1) is 15.1. The maximum Gasteiger partial charge on any atom is 0.226 e. The minimum absolute atomic E-state index is 0.0204. The van der Waals surface area contributed by atoms with Gasteiger partial charge in [-0.25, -0.2) is 4.98 Å². The molecule has 4 nitrogen and oxygen atoms in total. The molecule has 0 spiro atoms. The topological polar surface area (TPSA) is 55.1 Å². The largest absolute Gasteiger partial charge is 0.462 e. The zero-order chi connectivity index (χ0) is 16.4. The molecule has 0 radical (unpaired) electrons. The van der Waals surface area contributed by atoms with Crippen LogP contribution in [0.2, 0.25) is 0 Å². The van der Waals surface area contributed by atoms with Gasteiger partial charge in [0.15, 0.2) is 10.8 Å². The second-order valence-electron chi connectivity index (χ2n) is 6.09. The quantitative estimate of drug-likeness (QED) is 0.732. The van der Waals surface area contributed by atoms with E-state index in [-0.39, 0.29) is 11.9 Å². The van der Waals surface area contributed by atoms with Crippen LogP contribution in [0.4, 0.5) is 0 Å². The molecule has 0 aliphatic heterocycles. The molecule has 1 aliphatic carbocycles. The Kier molecular flexibility index (Phi) is 4.17. The number of benzene rings is 1. The molecule has 1 unspecified atom stereocenters. The van der Waals surface area contributed by atoms with Crippen molar-refractivity contribution in [1.82, 2.24) is 10.3 Å². The lowest BCUT2D eigenvalue weighted by atomic mass is 10.0. The number of rotatable bonds is 6. The van der Waals surface area contributed by atoms with Crippen LogP contribution in [-0.4, -0.2) is 10.9 Å². The van der Waals surface area contributed by atoms with Crippen molar-refractivity contribution in [2.75, 3.05) is 0 Å². The van der Waals surface area contributed by atoms with E-state index in [1.165, 1.54) is 29.7 Å². The fourth-order valence-electron chi connectivity index (χ4n) is 2.85. The van der Waals surface area contributed by atoms with Gasteiger partial charge in [0.1, 0.15) is 0 Å². The minimum Gasteiger partial charge on any atom is -0.462 e. The number of carbonyl (C=O) groups is 1. The van der Waals surface area contributed by atoms with Gasteiger partial charge in [-0.2, -0.15) is 0 Å². The molecule has 3 aromatic rings. The maximum atomic E-state index is 12.5. The number of nitrogens with zero attached hydrogens (tertiary/aromatic N) is 1. The van der Waals surface area contributed by atoms with Crippen molar-refractivity contribution >= 4 is 17.2 Å². The Bertz CT molecular complexity index is 807. The molecular weight excluding hydrogens is 320 g/mol. The Labute approximate surface area is 144 Å². The van der Waals surface area contributed by atoms with E-state index in [0.717, 1.165) is 16.5 Å². The summed E-state index contributed by atoms with van der Waals surface area (Å²) in [6.45, 7) is 0. The van der Waals surface area contributed by atoms with E-state index in [9.17, 15) is 4.79 Å². The molecule has 24 heavy (non-hydrogen) atoms. The van der Waals surface area contributed by atoms with Crippen LogP contribution in [0.15, 0.2) is 58.5 Å². The standard InChI is InChI=1S/C19H18N2O2S/c22-17(11-15-12-24-19(20-15)16-7-4-10-23-16)21-18(14-8-9-14)13-5-2-1-3-6-13/h1-7,10,12,14,18H,8-9,11H2,(H,21,22). The van der Waals surface area contributed by atoms with Crippen LogP contribution in [0.25, 0.3) is 10.8 Å². The maximum absolute atomic E-state index is 12.5. The van der Waals surface area contributed by atoms with Gasteiger partial charge in [0, 0.05) is 5.38 Å². The highest BCUT2D eigenvalue weighted by Crippen LogP contribution is 2.41. The summed E-state index contributed by atoms with van der Waals surface area (Å²) in [5, 5.41) is 5.92. The van der Waals surface area contributed by atoms with E-state index in [2.05, 4.69) is 22.4 Å². The van der Waals surface area contributed by atoms with Crippen LogP contribution in [0.3, 0.4) is 0 Å². The van der Waals surface area contributed by atoms with Crippen molar-refractivity contribution in [1.29, 1.82) is 0 Å². The second-order valence-corrected chi connectivity index (χ2v) is 6.95. The number of furan rings is 1. The minimum atomic E-state index is 0.0204. The number of thiazole rings is 1. The first-order valence-corrected chi connectivity index (χ1v) is 9.00. The Morgan fingerprint density at radius 1 is 1.25 bits per heavy atom. The lowest BCUT2D eigenvalue weighted by molar-refractivity contribution is -0.121. The van der Waals surface area contributed by atoms with Crippen molar-refractivity contribution in [3.63, 3.8) is 0 Å². The first-order valence-electron chi connectivity index (χ1n) is 8.12. The summed E-state index contributed by atoms with van der Waals surface area (Å²) in [6, 6.07) is 14.0. The highest BCUT2D eigenvalue weighted by atomic mass is 32.1.